The molecule has 0 aromatic carbocycles. The van der Waals surface area contributed by atoms with Crippen LogP contribution in [-0.2, 0) is 4.74 Å². The summed E-state index contributed by atoms with van der Waals surface area (Å²) < 4.78 is 6.32. The van der Waals surface area contributed by atoms with Gasteiger partial charge in [0, 0.05) is 11.9 Å². The van der Waals surface area contributed by atoms with Crippen LogP contribution >= 0.6 is 15.9 Å². The van der Waals surface area contributed by atoms with Crippen LogP contribution in [-0.4, -0.2) is 18.0 Å². The van der Waals surface area contributed by atoms with Crippen molar-refractivity contribution < 1.29 is 4.74 Å². The van der Waals surface area contributed by atoms with Gasteiger partial charge in [0.2, 0.25) is 0 Å². The molecule has 0 unspecified atom stereocenters. The van der Waals surface area contributed by atoms with Crippen LogP contribution in [0.5, 0.6) is 0 Å². The van der Waals surface area contributed by atoms with Crippen LogP contribution in [0.1, 0.15) is 64.2 Å². The lowest BCUT2D eigenvalue weighted by molar-refractivity contribution is -0.126. The van der Waals surface area contributed by atoms with E-state index in [1.807, 2.05) is 0 Å². The van der Waals surface area contributed by atoms with Gasteiger partial charge >= 0.3 is 0 Å². The zero-order valence-corrected chi connectivity index (χ0v) is 13.7. The van der Waals surface area contributed by atoms with Gasteiger partial charge in [0.15, 0.2) is 0 Å². The Kier molecular flexibility index (Phi) is 5.25. The summed E-state index contributed by atoms with van der Waals surface area (Å²) >= 11 is 3.50. The first-order chi connectivity index (χ1) is 9.36. The molecule has 19 heavy (non-hydrogen) atoms. The molecule has 0 heterocycles. The van der Waals surface area contributed by atoms with E-state index in [4.69, 9.17) is 4.74 Å². The number of rotatable bonds is 8. The number of ether oxygens (including phenoxy) is 1. The second-order valence-corrected chi connectivity index (χ2v) is 8.02. The molecule has 4 fully saturated rings. The van der Waals surface area contributed by atoms with Gasteiger partial charge in [-0.15, -0.1) is 0 Å². The quantitative estimate of drug-likeness (QED) is 0.441. The molecule has 1 nitrogen and oxygen atoms in total. The molecule has 0 aromatic rings. The fraction of sp³-hybridized carbons (Fsp3) is 1.00. The molecule has 0 spiro atoms. The minimum Gasteiger partial charge on any atom is -0.378 e. The summed E-state index contributed by atoms with van der Waals surface area (Å²) in [6, 6.07) is 0. The summed E-state index contributed by atoms with van der Waals surface area (Å²) in [6.07, 6.45) is 14.9. The number of alkyl halides is 1. The Labute approximate surface area is 127 Å². The highest BCUT2D eigenvalue weighted by Crippen LogP contribution is 2.54. The number of unbranched alkanes of at least 4 members (excludes halogenated alkanes) is 4. The van der Waals surface area contributed by atoms with Crippen molar-refractivity contribution in [3.05, 3.63) is 0 Å². The molecule has 4 aliphatic rings. The Morgan fingerprint density at radius 3 is 1.95 bits per heavy atom. The van der Waals surface area contributed by atoms with Gasteiger partial charge in [-0.05, 0) is 68.6 Å². The molecule has 0 atom stereocenters. The molecular weight excluding hydrogens is 300 g/mol. The van der Waals surface area contributed by atoms with Crippen molar-refractivity contribution in [3.8, 4) is 0 Å². The van der Waals surface area contributed by atoms with Gasteiger partial charge in [0.05, 0.1) is 6.10 Å². The van der Waals surface area contributed by atoms with Gasteiger partial charge < -0.3 is 4.74 Å². The lowest BCUT2D eigenvalue weighted by Gasteiger charge is -2.54. The third kappa shape index (κ3) is 3.56. The summed E-state index contributed by atoms with van der Waals surface area (Å²) in [5.74, 6) is 4.02. The van der Waals surface area contributed by atoms with E-state index in [2.05, 4.69) is 15.9 Å². The molecule has 0 saturated heterocycles. The third-order valence-corrected chi connectivity index (χ3v) is 6.29. The summed E-state index contributed by atoms with van der Waals surface area (Å²) in [5, 5.41) is 1.16. The topological polar surface area (TPSA) is 9.23 Å². The first-order valence-electron chi connectivity index (χ1n) is 8.54. The van der Waals surface area contributed by atoms with E-state index < -0.39 is 0 Å². The highest BCUT2D eigenvalue weighted by atomic mass is 79.9. The SMILES string of the molecule is BrCCCCCCCOC1C2CC3CC(C2)CC1C3. The number of hydrogen-bond donors (Lipinski definition) is 0. The lowest BCUT2D eigenvalue weighted by Crippen LogP contribution is -2.49. The summed E-state index contributed by atoms with van der Waals surface area (Å²) in [4.78, 5) is 0. The summed E-state index contributed by atoms with van der Waals surface area (Å²) in [6.45, 7) is 1.03. The van der Waals surface area contributed by atoms with Crippen molar-refractivity contribution in [1.29, 1.82) is 0 Å². The number of hydrogen-bond acceptors (Lipinski definition) is 1. The Morgan fingerprint density at radius 1 is 0.737 bits per heavy atom. The van der Waals surface area contributed by atoms with Crippen LogP contribution in [0.15, 0.2) is 0 Å². The fourth-order valence-corrected chi connectivity index (χ4v) is 5.49. The molecule has 0 amide bonds. The van der Waals surface area contributed by atoms with E-state index in [1.54, 1.807) is 6.42 Å². The predicted octanol–water partition coefficient (Wildman–Crippen LogP) is 5.17. The molecule has 2 heteroatoms. The van der Waals surface area contributed by atoms with Gasteiger partial charge in [-0.3, -0.25) is 0 Å². The van der Waals surface area contributed by atoms with Gasteiger partial charge in [-0.2, -0.15) is 0 Å². The van der Waals surface area contributed by atoms with E-state index in [0.717, 1.165) is 35.6 Å². The Balaban J connectivity index is 1.32. The molecule has 0 N–H and O–H groups in total. The first-order valence-corrected chi connectivity index (χ1v) is 9.66. The van der Waals surface area contributed by atoms with Crippen molar-refractivity contribution in [2.45, 2.75) is 70.3 Å². The van der Waals surface area contributed by atoms with Gasteiger partial charge in [0.1, 0.15) is 0 Å². The molecule has 0 aliphatic heterocycles. The average Bonchev–Trinajstić information content (AvgIpc) is 2.39. The molecule has 4 bridgehead atoms. The van der Waals surface area contributed by atoms with Crippen LogP contribution in [0.4, 0.5) is 0 Å². The molecular formula is C17H29BrO. The Morgan fingerprint density at radius 2 is 1.32 bits per heavy atom. The smallest absolute Gasteiger partial charge is 0.0631 e. The zero-order valence-electron chi connectivity index (χ0n) is 12.2. The number of halogens is 1. The molecule has 0 radical (unpaired) electrons. The normalized spacial score (nSPS) is 39.9. The van der Waals surface area contributed by atoms with E-state index >= 15 is 0 Å². The van der Waals surface area contributed by atoms with Crippen molar-refractivity contribution in [1.82, 2.24) is 0 Å². The molecule has 110 valence electrons. The van der Waals surface area contributed by atoms with Crippen LogP contribution in [0, 0.1) is 23.7 Å². The monoisotopic (exact) mass is 328 g/mol. The Bertz CT molecular complexity index is 250. The molecule has 0 aromatic heterocycles. The van der Waals surface area contributed by atoms with Crippen molar-refractivity contribution in [2.24, 2.45) is 23.7 Å². The first kappa shape index (κ1) is 14.4. The van der Waals surface area contributed by atoms with E-state index in [0.29, 0.717) is 6.10 Å². The standard InChI is InChI=1S/C17H29BrO/c18-6-4-2-1-3-5-7-19-17-15-9-13-8-14(11-15)12-16(17)10-13/h13-17H,1-12H2. The second-order valence-electron chi connectivity index (χ2n) is 7.22. The highest BCUT2D eigenvalue weighted by Gasteiger charge is 2.48. The zero-order chi connectivity index (χ0) is 13.1. The van der Waals surface area contributed by atoms with E-state index in [-0.39, 0.29) is 0 Å². The van der Waals surface area contributed by atoms with Crippen LogP contribution in [0.3, 0.4) is 0 Å². The predicted molar refractivity (Wildman–Crippen MR) is 83.7 cm³/mol. The second kappa shape index (κ2) is 6.93. The third-order valence-electron chi connectivity index (χ3n) is 5.73. The summed E-state index contributed by atoms with van der Waals surface area (Å²) in [5.41, 5.74) is 0. The van der Waals surface area contributed by atoms with Crippen LogP contribution < -0.4 is 0 Å². The van der Waals surface area contributed by atoms with E-state index in [1.165, 1.54) is 57.8 Å². The molecule has 4 saturated carbocycles. The average molecular weight is 329 g/mol. The maximum atomic E-state index is 6.32. The maximum Gasteiger partial charge on any atom is 0.0631 e. The highest BCUT2D eigenvalue weighted by molar-refractivity contribution is 9.09. The van der Waals surface area contributed by atoms with Crippen molar-refractivity contribution in [2.75, 3.05) is 11.9 Å². The Hall–Kier alpha value is 0.440. The van der Waals surface area contributed by atoms with Gasteiger partial charge in [-0.25, -0.2) is 0 Å². The van der Waals surface area contributed by atoms with Gasteiger partial charge in [0.25, 0.3) is 0 Å². The lowest BCUT2D eigenvalue weighted by atomic mass is 9.55. The van der Waals surface area contributed by atoms with Crippen molar-refractivity contribution >= 4 is 15.9 Å². The van der Waals surface area contributed by atoms with Crippen LogP contribution in [0.2, 0.25) is 0 Å². The van der Waals surface area contributed by atoms with E-state index in [9.17, 15) is 0 Å². The largest absolute Gasteiger partial charge is 0.378 e. The minimum absolute atomic E-state index is 0.648. The summed E-state index contributed by atoms with van der Waals surface area (Å²) in [7, 11) is 0. The minimum atomic E-state index is 0.648. The maximum absolute atomic E-state index is 6.32. The van der Waals surface area contributed by atoms with Crippen molar-refractivity contribution in [3.63, 3.8) is 0 Å². The molecule has 4 rings (SSSR count). The van der Waals surface area contributed by atoms with Crippen LogP contribution in [0.25, 0.3) is 0 Å². The fourth-order valence-electron chi connectivity index (χ4n) is 5.09. The molecule has 4 aliphatic carbocycles. The van der Waals surface area contributed by atoms with Gasteiger partial charge in [-0.1, -0.05) is 35.2 Å².